The summed E-state index contributed by atoms with van der Waals surface area (Å²) in [7, 11) is -1.44. The summed E-state index contributed by atoms with van der Waals surface area (Å²) in [6.07, 6.45) is 3.75. The molecule has 0 aliphatic heterocycles. The molecule has 98 valence electrons. The van der Waals surface area contributed by atoms with E-state index in [1.165, 1.54) is 0 Å². The van der Waals surface area contributed by atoms with Crippen LogP contribution in [0.1, 0.15) is 0 Å². The molecule has 4 nitrogen and oxygen atoms in total. The number of nitrogens with zero attached hydrogens (tertiary/aromatic N) is 2. The molecular formula is C15H13BN2O2. The highest BCUT2D eigenvalue weighted by Crippen LogP contribution is 2.19. The second-order valence-electron chi connectivity index (χ2n) is 4.50. The van der Waals surface area contributed by atoms with E-state index in [4.69, 9.17) is 10.0 Å². The first-order valence-corrected chi connectivity index (χ1v) is 6.30. The minimum Gasteiger partial charge on any atom is -0.423 e. The van der Waals surface area contributed by atoms with Crippen LogP contribution in [-0.2, 0) is 0 Å². The third kappa shape index (κ3) is 2.50. The largest absolute Gasteiger partial charge is 0.488 e. The van der Waals surface area contributed by atoms with E-state index in [1.807, 2.05) is 42.7 Å². The molecule has 1 aromatic heterocycles. The predicted octanol–water partition coefficient (Wildman–Crippen LogP) is 1.22. The van der Waals surface area contributed by atoms with Gasteiger partial charge in [-0.05, 0) is 23.2 Å². The second kappa shape index (κ2) is 5.32. The molecular weight excluding hydrogens is 251 g/mol. The molecule has 0 aliphatic carbocycles. The van der Waals surface area contributed by atoms with Crippen molar-refractivity contribution in [1.29, 1.82) is 0 Å². The third-order valence-electron chi connectivity index (χ3n) is 3.15. The fraction of sp³-hybridized carbons (Fsp3) is 0. The zero-order valence-electron chi connectivity index (χ0n) is 10.7. The van der Waals surface area contributed by atoms with Crippen LogP contribution in [0.15, 0.2) is 67.0 Å². The van der Waals surface area contributed by atoms with Crippen LogP contribution < -0.4 is 5.46 Å². The Morgan fingerprint density at radius 2 is 1.55 bits per heavy atom. The Kier molecular flexibility index (Phi) is 3.37. The van der Waals surface area contributed by atoms with Crippen molar-refractivity contribution in [3.05, 3.63) is 67.0 Å². The van der Waals surface area contributed by atoms with Crippen molar-refractivity contribution < 1.29 is 10.0 Å². The summed E-state index contributed by atoms with van der Waals surface area (Å²) >= 11 is 0. The average Bonchev–Trinajstić information content (AvgIpc) is 2.98. The van der Waals surface area contributed by atoms with Gasteiger partial charge in [0.15, 0.2) is 0 Å². The molecule has 0 saturated carbocycles. The Labute approximate surface area is 117 Å². The molecule has 20 heavy (non-hydrogen) atoms. The zero-order chi connectivity index (χ0) is 13.9. The fourth-order valence-electron chi connectivity index (χ4n) is 2.04. The molecule has 0 bridgehead atoms. The smallest absolute Gasteiger partial charge is 0.423 e. The van der Waals surface area contributed by atoms with Gasteiger partial charge in [0.2, 0.25) is 0 Å². The van der Waals surface area contributed by atoms with E-state index in [-0.39, 0.29) is 0 Å². The molecule has 0 amide bonds. The van der Waals surface area contributed by atoms with Gasteiger partial charge >= 0.3 is 7.12 Å². The highest BCUT2D eigenvalue weighted by atomic mass is 16.4. The molecule has 0 unspecified atom stereocenters. The first-order valence-electron chi connectivity index (χ1n) is 6.30. The summed E-state index contributed by atoms with van der Waals surface area (Å²) in [5.41, 5.74) is 3.48. The molecule has 2 aromatic carbocycles. The summed E-state index contributed by atoms with van der Waals surface area (Å²) in [4.78, 5) is 0. The van der Waals surface area contributed by atoms with Crippen molar-refractivity contribution in [1.82, 2.24) is 9.78 Å². The predicted molar refractivity (Wildman–Crippen MR) is 78.8 cm³/mol. The lowest BCUT2D eigenvalue weighted by atomic mass is 9.80. The lowest BCUT2D eigenvalue weighted by Crippen LogP contribution is -2.29. The zero-order valence-corrected chi connectivity index (χ0v) is 10.7. The fourth-order valence-corrected chi connectivity index (χ4v) is 2.04. The number of rotatable bonds is 3. The van der Waals surface area contributed by atoms with Gasteiger partial charge in [0, 0.05) is 11.8 Å². The van der Waals surface area contributed by atoms with Gasteiger partial charge in [-0.2, -0.15) is 5.10 Å². The highest BCUT2D eigenvalue weighted by Gasteiger charge is 2.10. The molecule has 0 aliphatic rings. The van der Waals surface area contributed by atoms with Crippen LogP contribution in [0.2, 0.25) is 0 Å². The summed E-state index contributed by atoms with van der Waals surface area (Å²) in [5, 5.41) is 22.5. The maximum absolute atomic E-state index is 9.07. The monoisotopic (exact) mass is 264 g/mol. The minimum atomic E-state index is -1.44. The third-order valence-corrected chi connectivity index (χ3v) is 3.15. The second-order valence-corrected chi connectivity index (χ2v) is 4.50. The summed E-state index contributed by atoms with van der Waals surface area (Å²) < 4.78 is 1.76. The van der Waals surface area contributed by atoms with E-state index < -0.39 is 7.12 Å². The Morgan fingerprint density at radius 1 is 0.850 bits per heavy atom. The number of hydrogen-bond acceptors (Lipinski definition) is 3. The van der Waals surface area contributed by atoms with E-state index in [0.717, 1.165) is 16.8 Å². The first kappa shape index (κ1) is 12.7. The molecule has 0 fully saturated rings. The van der Waals surface area contributed by atoms with Gasteiger partial charge in [0.1, 0.15) is 0 Å². The van der Waals surface area contributed by atoms with Crippen molar-refractivity contribution in [3.8, 4) is 16.8 Å². The van der Waals surface area contributed by atoms with Crippen molar-refractivity contribution in [3.63, 3.8) is 0 Å². The molecule has 0 radical (unpaired) electrons. The molecule has 0 spiro atoms. The lowest BCUT2D eigenvalue weighted by Gasteiger charge is -2.03. The SMILES string of the molecule is OB(O)c1ccc(-n2cc(-c3ccccc3)cn2)cc1. The lowest BCUT2D eigenvalue weighted by molar-refractivity contribution is 0.426. The molecule has 5 heteroatoms. The van der Waals surface area contributed by atoms with E-state index in [0.29, 0.717) is 5.46 Å². The molecule has 1 heterocycles. The summed E-state index contributed by atoms with van der Waals surface area (Å²) in [6.45, 7) is 0. The first-order chi connectivity index (χ1) is 9.74. The molecule has 3 aromatic rings. The van der Waals surface area contributed by atoms with Crippen molar-refractivity contribution >= 4 is 12.6 Å². The van der Waals surface area contributed by atoms with Gasteiger partial charge in [-0.15, -0.1) is 0 Å². The summed E-state index contributed by atoms with van der Waals surface area (Å²) in [5.74, 6) is 0. The van der Waals surface area contributed by atoms with Gasteiger partial charge in [0.05, 0.1) is 11.9 Å². The van der Waals surface area contributed by atoms with Crippen molar-refractivity contribution in [2.75, 3.05) is 0 Å². The highest BCUT2D eigenvalue weighted by molar-refractivity contribution is 6.58. The van der Waals surface area contributed by atoms with Crippen LogP contribution in [0.3, 0.4) is 0 Å². The number of aromatic nitrogens is 2. The molecule has 0 saturated heterocycles. The van der Waals surface area contributed by atoms with Crippen LogP contribution in [0.25, 0.3) is 16.8 Å². The van der Waals surface area contributed by atoms with Crippen LogP contribution in [0, 0.1) is 0 Å². The van der Waals surface area contributed by atoms with E-state index in [1.54, 1.807) is 28.9 Å². The Morgan fingerprint density at radius 3 is 2.20 bits per heavy atom. The number of benzene rings is 2. The molecule has 2 N–H and O–H groups in total. The maximum Gasteiger partial charge on any atom is 0.488 e. The minimum absolute atomic E-state index is 0.462. The Hall–Kier alpha value is -2.37. The topological polar surface area (TPSA) is 58.3 Å². The molecule has 0 atom stereocenters. The van der Waals surface area contributed by atoms with Gasteiger partial charge in [-0.1, -0.05) is 42.5 Å². The van der Waals surface area contributed by atoms with Crippen LogP contribution >= 0.6 is 0 Å². The van der Waals surface area contributed by atoms with Gasteiger partial charge in [-0.25, -0.2) is 4.68 Å². The Bertz CT molecular complexity index is 693. The van der Waals surface area contributed by atoms with Gasteiger partial charge < -0.3 is 10.0 Å². The molecule has 3 rings (SSSR count). The van der Waals surface area contributed by atoms with Crippen molar-refractivity contribution in [2.24, 2.45) is 0 Å². The van der Waals surface area contributed by atoms with E-state index >= 15 is 0 Å². The van der Waals surface area contributed by atoms with E-state index in [2.05, 4.69) is 5.10 Å². The van der Waals surface area contributed by atoms with Crippen LogP contribution in [0.4, 0.5) is 0 Å². The normalized spacial score (nSPS) is 10.5. The van der Waals surface area contributed by atoms with Crippen molar-refractivity contribution in [2.45, 2.75) is 0 Å². The summed E-state index contributed by atoms with van der Waals surface area (Å²) in [6, 6.07) is 17.0. The Balaban J connectivity index is 1.90. The quantitative estimate of drug-likeness (QED) is 0.699. The number of hydrogen-bond donors (Lipinski definition) is 2. The average molecular weight is 264 g/mol. The van der Waals surface area contributed by atoms with E-state index in [9.17, 15) is 0 Å². The van der Waals surface area contributed by atoms with Crippen LogP contribution in [-0.4, -0.2) is 26.9 Å². The maximum atomic E-state index is 9.07. The van der Waals surface area contributed by atoms with Crippen LogP contribution in [0.5, 0.6) is 0 Å². The standard InChI is InChI=1S/C15H13BN2O2/c19-16(20)14-6-8-15(9-7-14)18-11-13(10-17-18)12-4-2-1-3-5-12/h1-11,19-20H. The van der Waals surface area contributed by atoms with Gasteiger partial charge in [-0.3, -0.25) is 0 Å². The van der Waals surface area contributed by atoms with Gasteiger partial charge in [0.25, 0.3) is 0 Å².